The van der Waals surface area contributed by atoms with E-state index in [9.17, 15) is 9.59 Å². The number of hydrogen-bond donors (Lipinski definition) is 0. The van der Waals surface area contributed by atoms with Crippen LogP contribution in [0, 0.1) is 6.92 Å². The molecular formula is C31H30BrN3O2. The minimum atomic E-state index is -0.298. The van der Waals surface area contributed by atoms with Crippen LogP contribution in [0.1, 0.15) is 53.0 Å². The fourth-order valence-electron chi connectivity index (χ4n) is 5.03. The van der Waals surface area contributed by atoms with Gasteiger partial charge in [0.2, 0.25) is 5.91 Å². The van der Waals surface area contributed by atoms with Crippen molar-refractivity contribution in [1.29, 1.82) is 0 Å². The SMILES string of the molecule is CCCCN(CC(=O)N1c2ccccc2-n2cccc2C1c1cccc(C)c1)C(=O)c1ccc(Br)cc1. The molecule has 1 unspecified atom stereocenters. The van der Waals surface area contributed by atoms with Crippen molar-refractivity contribution in [3.8, 4) is 5.69 Å². The molecule has 188 valence electrons. The fourth-order valence-corrected chi connectivity index (χ4v) is 5.30. The van der Waals surface area contributed by atoms with Crippen molar-refractivity contribution in [2.75, 3.05) is 18.0 Å². The van der Waals surface area contributed by atoms with Crippen molar-refractivity contribution < 1.29 is 9.59 Å². The molecule has 0 saturated heterocycles. The summed E-state index contributed by atoms with van der Waals surface area (Å²) in [6.45, 7) is 4.69. The molecule has 3 aromatic carbocycles. The van der Waals surface area contributed by atoms with Crippen LogP contribution in [0.5, 0.6) is 0 Å². The molecule has 0 saturated carbocycles. The number of rotatable bonds is 7. The molecule has 0 bridgehead atoms. The Morgan fingerprint density at radius 1 is 0.919 bits per heavy atom. The van der Waals surface area contributed by atoms with Gasteiger partial charge in [-0.25, -0.2) is 0 Å². The number of benzene rings is 3. The van der Waals surface area contributed by atoms with Gasteiger partial charge in [-0.3, -0.25) is 14.5 Å². The Hall–Kier alpha value is -3.64. The molecule has 0 spiro atoms. The second-order valence-electron chi connectivity index (χ2n) is 9.46. The van der Waals surface area contributed by atoms with Crippen LogP contribution in [-0.2, 0) is 4.79 Å². The van der Waals surface area contributed by atoms with E-state index < -0.39 is 0 Å². The third-order valence-corrected chi connectivity index (χ3v) is 7.36. The minimum Gasteiger partial charge on any atom is -0.329 e. The Morgan fingerprint density at radius 3 is 2.41 bits per heavy atom. The molecule has 0 aliphatic carbocycles. The summed E-state index contributed by atoms with van der Waals surface area (Å²) in [4.78, 5) is 31.3. The molecule has 1 aliphatic heterocycles. The predicted octanol–water partition coefficient (Wildman–Crippen LogP) is 6.93. The summed E-state index contributed by atoms with van der Waals surface area (Å²) in [5.41, 5.74) is 5.58. The van der Waals surface area contributed by atoms with Gasteiger partial charge in [0.05, 0.1) is 17.1 Å². The molecule has 2 heterocycles. The van der Waals surface area contributed by atoms with Crippen LogP contribution in [0.25, 0.3) is 5.69 Å². The number of carbonyl (C=O) groups excluding carboxylic acids is 2. The highest BCUT2D eigenvalue weighted by molar-refractivity contribution is 9.10. The summed E-state index contributed by atoms with van der Waals surface area (Å²) in [6, 6.07) is 27.4. The zero-order chi connectivity index (χ0) is 25.9. The molecule has 37 heavy (non-hydrogen) atoms. The Balaban J connectivity index is 1.55. The topological polar surface area (TPSA) is 45.6 Å². The van der Waals surface area contributed by atoms with Crippen LogP contribution in [0.2, 0.25) is 0 Å². The summed E-state index contributed by atoms with van der Waals surface area (Å²) < 4.78 is 3.07. The zero-order valence-electron chi connectivity index (χ0n) is 21.1. The molecular weight excluding hydrogens is 526 g/mol. The lowest BCUT2D eigenvalue weighted by Crippen LogP contribution is -2.47. The average molecular weight is 557 g/mol. The van der Waals surface area contributed by atoms with Crippen molar-refractivity contribution >= 4 is 33.4 Å². The van der Waals surface area contributed by atoms with Gasteiger partial charge in [0.1, 0.15) is 12.6 Å². The molecule has 1 atom stereocenters. The molecule has 0 fully saturated rings. The first-order chi connectivity index (χ1) is 18.0. The Morgan fingerprint density at radius 2 is 1.68 bits per heavy atom. The number of aromatic nitrogens is 1. The van der Waals surface area contributed by atoms with Gasteiger partial charge in [-0.2, -0.15) is 0 Å². The standard InChI is InChI=1S/C31H30BrN3O2/c1-3-4-18-33(31(37)23-14-16-25(32)17-15-23)21-29(36)35-27-12-6-5-11-26(27)34-19-8-13-28(34)30(35)24-10-7-9-22(2)20-24/h5-17,19-20,30H,3-4,18,21H2,1-2H3. The summed E-state index contributed by atoms with van der Waals surface area (Å²) in [6.07, 6.45) is 3.81. The van der Waals surface area contributed by atoms with Crippen molar-refractivity contribution in [3.05, 3.63) is 118 Å². The van der Waals surface area contributed by atoms with Gasteiger partial charge in [-0.05, 0) is 67.4 Å². The lowest BCUT2D eigenvalue weighted by atomic mass is 9.96. The first kappa shape index (κ1) is 25.0. The molecule has 0 radical (unpaired) electrons. The van der Waals surface area contributed by atoms with Crippen molar-refractivity contribution in [1.82, 2.24) is 9.47 Å². The van der Waals surface area contributed by atoms with Crippen LogP contribution < -0.4 is 4.90 Å². The van der Waals surface area contributed by atoms with Crippen molar-refractivity contribution in [2.45, 2.75) is 32.7 Å². The van der Waals surface area contributed by atoms with E-state index >= 15 is 0 Å². The third kappa shape index (κ3) is 4.98. The fraction of sp³-hybridized carbons (Fsp3) is 0.226. The number of hydrogen-bond acceptors (Lipinski definition) is 2. The monoisotopic (exact) mass is 555 g/mol. The largest absolute Gasteiger partial charge is 0.329 e. The van der Waals surface area contributed by atoms with Crippen LogP contribution in [0.4, 0.5) is 5.69 Å². The minimum absolute atomic E-state index is 0.00621. The van der Waals surface area contributed by atoms with Crippen molar-refractivity contribution in [2.24, 2.45) is 0 Å². The third-order valence-electron chi connectivity index (χ3n) is 6.83. The number of amides is 2. The van der Waals surface area contributed by atoms with E-state index in [1.54, 1.807) is 17.0 Å². The van der Waals surface area contributed by atoms with E-state index in [0.29, 0.717) is 12.1 Å². The first-order valence-corrected chi connectivity index (χ1v) is 13.5. The quantitative estimate of drug-likeness (QED) is 0.248. The van der Waals surface area contributed by atoms with E-state index in [1.165, 1.54) is 0 Å². The highest BCUT2D eigenvalue weighted by Crippen LogP contribution is 2.42. The Kier molecular flexibility index (Phi) is 7.28. The molecule has 4 aromatic rings. The number of halogens is 1. The Bertz CT molecular complexity index is 1430. The van der Waals surface area contributed by atoms with Gasteiger partial charge in [0.15, 0.2) is 0 Å². The zero-order valence-corrected chi connectivity index (χ0v) is 22.7. The van der Waals surface area contributed by atoms with Gasteiger partial charge in [0.25, 0.3) is 5.91 Å². The molecule has 1 aliphatic rings. The van der Waals surface area contributed by atoms with E-state index in [2.05, 4.69) is 58.6 Å². The van der Waals surface area contributed by atoms with E-state index in [-0.39, 0.29) is 24.4 Å². The molecule has 2 amide bonds. The van der Waals surface area contributed by atoms with Gasteiger partial charge in [-0.1, -0.05) is 71.2 Å². The summed E-state index contributed by atoms with van der Waals surface area (Å²) in [5, 5.41) is 0. The van der Waals surface area contributed by atoms with Crippen LogP contribution in [0.15, 0.2) is 95.6 Å². The van der Waals surface area contributed by atoms with Crippen LogP contribution >= 0.6 is 15.9 Å². The number of para-hydroxylation sites is 2. The highest BCUT2D eigenvalue weighted by atomic mass is 79.9. The van der Waals surface area contributed by atoms with E-state index in [0.717, 1.165) is 45.5 Å². The number of aryl methyl sites for hydroxylation is 1. The summed E-state index contributed by atoms with van der Waals surface area (Å²) >= 11 is 3.44. The summed E-state index contributed by atoms with van der Waals surface area (Å²) in [5.74, 6) is -0.233. The van der Waals surface area contributed by atoms with E-state index in [1.807, 2.05) is 59.6 Å². The first-order valence-electron chi connectivity index (χ1n) is 12.7. The highest BCUT2D eigenvalue weighted by Gasteiger charge is 2.37. The smallest absolute Gasteiger partial charge is 0.254 e. The van der Waals surface area contributed by atoms with Crippen LogP contribution in [-0.4, -0.2) is 34.4 Å². The number of nitrogens with zero attached hydrogens (tertiary/aromatic N) is 3. The lowest BCUT2D eigenvalue weighted by Gasteiger charge is -2.39. The summed E-state index contributed by atoms with van der Waals surface area (Å²) in [7, 11) is 0. The normalized spacial score (nSPS) is 14.1. The molecule has 5 nitrogen and oxygen atoms in total. The van der Waals surface area contributed by atoms with Crippen molar-refractivity contribution in [3.63, 3.8) is 0 Å². The van der Waals surface area contributed by atoms with E-state index in [4.69, 9.17) is 0 Å². The second kappa shape index (κ2) is 10.8. The lowest BCUT2D eigenvalue weighted by molar-refractivity contribution is -0.119. The van der Waals surface area contributed by atoms with Gasteiger partial charge in [-0.15, -0.1) is 0 Å². The number of anilines is 1. The maximum absolute atomic E-state index is 14.2. The maximum atomic E-state index is 14.2. The van der Waals surface area contributed by atoms with Gasteiger partial charge in [0, 0.05) is 22.8 Å². The molecule has 6 heteroatoms. The second-order valence-corrected chi connectivity index (χ2v) is 10.4. The Labute approximate surface area is 226 Å². The number of fused-ring (bicyclic) bond motifs is 3. The van der Waals surface area contributed by atoms with Gasteiger partial charge >= 0.3 is 0 Å². The molecule has 1 aromatic heterocycles. The predicted molar refractivity (Wildman–Crippen MR) is 151 cm³/mol. The molecule has 0 N–H and O–H groups in total. The number of unbranched alkanes of at least 4 members (excludes halogenated alkanes) is 1. The molecule has 5 rings (SSSR count). The van der Waals surface area contributed by atoms with Gasteiger partial charge < -0.3 is 9.47 Å². The average Bonchev–Trinajstić information content (AvgIpc) is 3.40. The number of carbonyl (C=O) groups is 2. The van der Waals surface area contributed by atoms with Crippen LogP contribution in [0.3, 0.4) is 0 Å². The maximum Gasteiger partial charge on any atom is 0.254 e.